The third kappa shape index (κ3) is 1.87. The fraction of sp³-hybridized carbons (Fsp3) is 0.364. The second-order valence-electron chi connectivity index (χ2n) is 4.00. The van der Waals surface area contributed by atoms with Crippen LogP contribution in [0.4, 0.5) is 5.82 Å². The van der Waals surface area contributed by atoms with Gasteiger partial charge in [0.05, 0.1) is 18.8 Å². The third-order valence-electron chi connectivity index (χ3n) is 2.94. The molecule has 0 bridgehead atoms. The number of fused-ring (bicyclic) bond motifs is 1. The van der Waals surface area contributed by atoms with Crippen LogP contribution in [0.5, 0.6) is 0 Å². The standard InChI is InChI=1S/C11H13N5O/c17-8-9-1-2-10(14-13-9)16-6-5-15-4-3-12-11(15)7-16/h1-4,17H,5-8H2. The molecule has 0 spiro atoms. The lowest BCUT2D eigenvalue weighted by Crippen LogP contribution is -2.34. The van der Waals surface area contributed by atoms with Gasteiger partial charge in [0.25, 0.3) is 0 Å². The van der Waals surface area contributed by atoms with Crippen molar-refractivity contribution in [1.29, 1.82) is 0 Å². The Morgan fingerprint density at radius 3 is 2.94 bits per heavy atom. The number of rotatable bonds is 2. The Kier molecular flexibility index (Phi) is 2.49. The molecule has 0 radical (unpaired) electrons. The Hall–Kier alpha value is -1.95. The lowest BCUT2D eigenvalue weighted by molar-refractivity contribution is 0.275. The summed E-state index contributed by atoms with van der Waals surface area (Å²) in [4.78, 5) is 6.43. The number of imidazole rings is 1. The molecule has 1 aliphatic rings. The normalized spacial score (nSPS) is 14.8. The smallest absolute Gasteiger partial charge is 0.151 e. The fourth-order valence-corrected chi connectivity index (χ4v) is 1.97. The van der Waals surface area contributed by atoms with E-state index >= 15 is 0 Å². The van der Waals surface area contributed by atoms with E-state index in [-0.39, 0.29) is 6.61 Å². The molecule has 0 unspecified atom stereocenters. The molecule has 3 heterocycles. The molecule has 6 nitrogen and oxygen atoms in total. The molecule has 6 heteroatoms. The van der Waals surface area contributed by atoms with Crippen LogP contribution in [0.2, 0.25) is 0 Å². The largest absolute Gasteiger partial charge is 0.390 e. The maximum atomic E-state index is 8.91. The lowest BCUT2D eigenvalue weighted by atomic mass is 10.3. The summed E-state index contributed by atoms with van der Waals surface area (Å²) in [6, 6.07) is 3.68. The molecule has 1 aliphatic heterocycles. The second-order valence-corrected chi connectivity index (χ2v) is 4.00. The molecular formula is C11H13N5O. The van der Waals surface area contributed by atoms with Crippen molar-refractivity contribution in [2.24, 2.45) is 0 Å². The van der Waals surface area contributed by atoms with Crippen LogP contribution in [-0.2, 0) is 19.7 Å². The van der Waals surface area contributed by atoms with Gasteiger partial charge in [-0.05, 0) is 12.1 Å². The summed E-state index contributed by atoms with van der Waals surface area (Å²) in [6.07, 6.45) is 3.81. The Balaban J connectivity index is 1.81. The summed E-state index contributed by atoms with van der Waals surface area (Å²) >= 11 is 0. The van der Waals surface area contributed by atoms with Crippen molar-refractivity contribution in [3.8, 4) is 0 Å². The number of nitrogens with zero attached hydrogens (tertiary/aromatic N) is 5. The summed E-state index contributed by atoms with van der Waals surface area (Å²) in [6.45, 7) is 2.49. The Morgan fingerprint density at radius 2 is 2.18 bits per heavy atom. The molecule has 1 N–H and O–H groups in total. The van der Waals surface area contributed by atoms with Crippen molar-refractivity contribution in [2.45, 2.75) is 19.7 Å². The van der Waals surface area contributed by atoms with Crippen LogP contribution >= 0.6 is 0 Å². The highest BCUT2D eigenvalue weighted by Gasteiger charge is 2.17. The summed E-state index contributed by atoms with van der Waals surface area (Å²) in [5.74, 6) is 1.88. The minimum Gasteiger partial charge on any atom is -0.390 e. The van der Waals surface area contributed by atoms with Gasteiger partial charge in [0.2, 0.25) is 0 Å². The van der Waals surface area contributed by atoms with E-state index in [9.17, 15) is 0 Å². The zero-order valence-electron chi connectivity index (χ0n) is 9.32. The van der Waals surface area contributed by atoms with Crippen LogP contribution in [0.25, 0.3) is 0 Å². The van der Waals surface area contributed by atoms with E-state index < -0.39 is 0 Å². The van der Waals surface area contributed by atoms with Gasteiger partial charge in [0.15, 0.2) is 5.82 Å². The van der Waals surface area contributed by atoms with Crippen molar-refractivity contribution in [3.05, 3.63) is 36.0 Å². The topological polar surface area (TPSA) is 67.1 Å². The molecular weight excluding hydrogens is 218 g/mol. The first-order valence-corrected chi connectivity index (χ1v) is 5.55. The number of anilines is 1. The van der Waals surface area contributed by atoms with Crippen LogP contribution in [0.1, 0.15) is 11.5 Å². The number of aliphatic hydroxyl groups is 1. The maximum Gasteiger partial charge on any atom is 0.151 e. The average molecular weight is 231 g/mol. The van der Waals surface area contributed by atoms with E-state index in [0.717, 1.165) is 31.3 Å². The van der Waals surface area contributed by atoms with Gasteiger partial charge in [0, 0.05) is 25.5 Å². The predicted molar refractivity (Wildman–Crippen MR) is 61.2 cm³/mol. The van der Waals surface area contributed by atoms with E-state index in [0.29, 0.717) is 5.69 Å². The predicted octanol–water partition coefficient (Wildman–Crippen LogP) is 0.186. The minimum atomic E-state index is -0.0717. The molecule has 2 aromatic rings. The Labute approximate surface area is 98.5 Å². The fourth-order valence-electron chi connectivity index (χ4n) is 1.97. The molecule has 0 atom stereocenters. The molecule has 0 aliphatic carbocycles. The van der Waals surface area contributed by atoms with Gasteiger partial charge in [-0.3, -0.25) is 0 Å². The van der Waals surface area contributed by atoms with Gasteiger partial charge >= 0.3 is 0 Å². The molecule has 3 rings (SSSR count). The molecule has 2 aromatic heterocycles. The molecule has 0 aromatic carbocycles. The number of aliphatic hydroxyl groups excluding tert-OH is 1. The van der Waals surface area contributed by atoms with Crippen LogP contribution < -0.4 is 4.90 Å². The Morgan fingerprint density at radius 1 is 1.24 bits per heavy atom. The summed E-state index contributed by atoms with van der Waals surface area (Å²) in [5, 5.41) is 17.0. The van der Waals surface area contributed by atoms with Crippen molar-refractivity contribution >= 4 is 5.82 Å². The van der Waals surface area contributed by atoms with Crippen molar-refractivity contribution in [2.75, 3.05) is 11.4 Å². The molecule has 17 heavy (non-hydrogen) atoms. The molecule has 0 fully saturated rings. The van der Waals surface area contributed by atoms with Crippen LogP contribution in [-0.4, -0.2) is 31.4 Å². The second kappa shape index (κ2) is 4.14. The maximum absolute atomic E-state index is 8.91. The first-order chi connectivity index (χ1) is 8.36. The molecule has 88 valence electrons. The molecule has 0 saturated heterocycles. The number of hydrogen-bond donors (Lipinski definition) is 1. The first-order valence-electron chi connectivity index (χ1n) is 5.55. The summed E-state index contributed by atoms with van der Waals surface area (Å²) in [7, 11) is 0. The SMILES string of the molecule is OCc1ccc(N2CCn3ccnc3C2)nn1. The van der Waals surface area contributed by atoms with Crippen LogP contribution in [0, 0.1) is 0 Å². The molecule has 0 saturated carbocycles. The highest BCUT2D eigenvalue weighted by molar-refractivity contribution is 5.38. The van der Waals surface area contributed by atoms with Crippen LogP contribution in [0.3, 0.4) is 0 Å². The van der Waals surface area contributed by atoms with Gasteiger partial charge < -0.3 is 14.6 Å². The summed E-state index contributed by atoms with van der Waals surface area (Å²) < 4.78 is 2.14. The summed E-state index contributed by atoms with van der Waals surface area (Å²) in [5.41, 5.74) is 0.590. The van der Waals surface area contributed by atoms with Crippen molar-refractivity contribution in [3.63, 3.8) is 0 Å². The highest BCUT2D eigenvalue weighted by Crippen LogP contribution is 2.17. The van der Waals surface area contributed by atoms with Crippen LogP contribution in [0.15, 0.2) is 24.5 Å². The minimum absolute atomic E-state index is 0.0717. The third-order valence-corrected chi connectivity index (χ3v) is 2.94. The average Bonchev–Trinajstić information content (AvgIpc) is 2.86. The van der Waals surface area contributed by atoms with Gasteiger partial charge in [-0.1, -0.05) is 0 Å². The number of hydrogen-bond acceptors (Lipinski definition) is 5. The van der Waals surface area contributed by atoms with Gasteiger partial charge in [-0.25, -0.2) is 4.98 Å². The van der Waals surface area contributed by atoms with E-state index in [2.05, 4.69) is 24.6 Å². The highest BCUT2D eigenvalue weighted by atomic mass is 16.3. The van der Waals surface area contributed by atoms with Crippen molar-refractivity contribution in [1.82, 2.24) is 19.7 Å². The van der Waals surface area contributed by atoms with Gasteiger partial charge in [0.1, 0.15) is 5.82 Å². The van der Waals surface area contributed by atoms with E-state index in [1.807, 2.05) is 18.5 Å². The zero-order chi connectivity index (χ0) is 11.7. The number of aromatic nitrogens is 4. The van der Waals surface area contributed by atoms with E-state index in [4.69, 9.17) is 5.11 Å². The van der Waals surface area contributed by atoms with Gasteiger partial charge in [-0.15, -0.1) is 5.10 Å². The Bertz CT molecular complexity index is 507. The monoisotopic (exact) mass is 231 g/mol. The van der Waals surface area contributed by atoms with E-state index in [1.54, 1.807) is 6.07 Å². The quantitative estimate of drug-likeness (QED) is 0.799. The van der Waals surface area contributed by atoms with E-state index in [1.165, 1.54) is 0 Å². The first kappa shape index (κ1) is 10.2. The molecule has 0 amide bonds. The zero-order valence-corrected chi connectivity index (χ0v) is 9.32. The van der Waals surface area contributed by atoms with Crippen molar-refractivity contribution < 1.29 is 5.11 Å². The van der Waals surface area contributed by atoms with Gasteiger partial charge in [-0.2, -0.15) is 5.10 Å². The lowest BCUT2D eigenvalue weighted by Gasteiger charge is -2.28.